The van der Waals surface area contributed by atoms with Gasteiger partial charge >= 0.3 is 0 Å². The zero-order chi connectivity index (χ0) is 20.1. The summed E-state index contributed by atoms with van der Waals surface area (Å²) in [5.41, 5.74) is 3.33. The lowest BCUT2D eigenvalue weighted by molar-refractivity contribution is -0.137. The van der Waals surface area contributed by atoms with Crippen molar-refractivity contribution in [3.05, 3.63) is 47.6 Å². The molecule has 0 N–H and O–H groups in total. The second-order valence-corrected chi connectivity index (χ2v) is 8.61. The molecule has 2 aromatic heterocycles. The largest absolute Gasteiger partial charge is 0.383 e. The number of hydrogen-bond acceptors (Lipinski definition) is 4. The van der Waals surface area contributed by atoms with Gasteiger partial charge in [0, 0.05) is 55.4 Å². The van der Waals surface area contributed by atoms with Gasteiger partial charge in [0.05, 0.1) is 12.3 Å². The minimum absolute atomic E-state index is 0.195. The molecule has 1 aromatic carbocycles. The summed E-state index contributed by atoms with van der Waals surface area (Å²) in [4.78, 5) is 20.9. The molecule has 1 aliphatic carbocycles. The summed E-state index contributed by atoms with van der Waals surface area (Å²) >= 11 is 1.66. The molecular weight excluding hydrogens is 382 g/mol. The molecule has 29 heavy (non-hydrogen) atoms. The Kier molecular flexibility index (Phi) is 6.62. The van der Waals surface area contributed by atoms with Gasteiger partial charge in [-0.2, -0.15) is 0 Å². The van der Waals surface area contributed by atoms with Crippen LogP contribution in [0.3, 0.4) is 0 Å². The standard InChI is InChI=1S/C23H29N3O2S/c1-28-15-14-25(22(27)19-10-6-3-7-11-19)13-12-20-17-29-23-24-21(16-26(20)23)18-8-4-2-5-9-18/h2,4-5,8-9,16-17,19H,3,6-7,10-15H2,1H3. The van der Waals surface area contributed by atoms with Crippen molar-refractivity contribution in [1.82, 2.24) is 14.3 Å². The lowest BCUT2D eigenvalue weighted by Gasteiger charge is -2.29. The summed E-state index contributed by atoms with van der Waals surface area (Å²) in [6.07, 6.45) is 8.62. The topological polar surface area (TPSA) is 46.8 Å². The number of thiazole rings is 1. The molecule has 4 rings (SSSR count). The first kappa shape index (κ1) is 20.1. The Morgan fingerprint density at radius 2 is 2.00 bits per heavy atom. The number of aromatic nitrogens is 2. The molecule has 1 aliphatic rings. The van der Waals surface area contributed by atoms with Crippen molar-refractivity contribution in [1.29, 1.82) is 0 Å². The van der Waals surface area contributed by atoms with E-state index in [-0.39, 0.29) is 5.92 Å². The fourth-order valence-corrected chi connectivity index (χ4v) is 5.06. The van der Waals surface area contributed by atoms with Crippen molar-refractivity contribution in [3.8, 4) is 11.3 Å². The summed E-state index contributed by atoms with van der Waals surface area (Å²) in [5, 5.41) is 2.16. The first-order valence-corrected chi connectivity index (χ1v) is 11.4. The maximum Gasteiger partial charge on any atom is 0.225 e. The maximum atomic E-state index is 13.1. The number of benzene rings is 1. The van der Waals surface area contributed by atoms with Crippen LogP contribution < -0.4 is 0 Å². The molecule has 0 aliphatic heterocycles. The van der Waals surface area contributed by atoms with E-state index in [1.807, 2.05) is 23.1 Å². The zero-order valence-corrected chi connectivity index (χ0v) is 17.9. The van der Waals surface area contributed by atoms with E-state index >= 15 is 0 Å². The van der Waals surface area contributed by atoms with E-state index in [0.29, 0.717) is 19.1 Å². The van der Waals surface area contributed by atoms with Crippen molar-refractivity contribution < 1.29 is 9.53 Å². The van der Waals surface area contributed by atoms with E-state index in [1.165, 1.54) is 25.0 Å². The number of imidazole rings is 1. The molecule has 1 fully saturated rings. The SMILES string of the molecule is COCCN(CCc1csc2nc(-c3ccccc3)cn12)C(=O)C1CCCCC1. The number of carbonyl (C=O) groups is 1. The van der Waals surface area contributed by atoms with Crippen LogP contribution in [0.1, 0.15) is 37.8 Å². The fraction of sp³-hybridized carbons (Fsp3) is 0.478. The second-order valence-electron chi connectivity index (χ2n) is 7.77. The molecule has 6 heteroatoms. The third-order valence-corrected chi connectivity index (χ3v) is 6.71. The molecule has 2 heterocycles. The van der Waals surface area contributed by atoms with Crippen LogP contribution in [0.4, 0.5) is 0 Å². The van der Waals surface area contributed by atoms with Crippen molar-refractivity contribution in [3.63, 3.8) is 0 Å². The van der Waals surface area contributed by atoms with Gasteiger partial charge in [-0.05, 0) is 12.8 Å². The summed E-state index contributed by atoms with van der Waals surface area (Å²) in [5.74, 6) is 0.504. The molecule has 5 nitrogen and oxygen atoms in total. The Morgan fingerprint density at radius 3 is 2.76 bits per heavy atom. The zero-order valence-electron chi connectivity index (χ0n) is 17.0. The van der Waals surface area contributed by atoms with Gasteiger partial charge in [-0.15, -0.1) is 11.3 Å². The van der Waals surface area contributed by atoms with E-state index in [4.69, 9.17) is 9.72 Å². The summed E-state index contributed by atoms with van der Waals surface area (Å²) in [7, 11) is 1.70. The third kappa shape index (κ3) is 4.70. The molecule has 0 atom stereocenters. The Hall–Kier alpha value is -2.18. The van der Waals surface area contributed by atoms with Crippen LogP contribution in [0, 0.1) is 5.92 Å². The fourth-order valence-electron chi connectivity index (χ4n) is 4.15. The predicted molar refractivity (Wildman–Crippen MR) is 117 cm³/mol. The van der Waals surface area contributed by atoms with E-state index < -0.39 is 0 Å². The van der Waals surface area contributed by atoms with E-state index in [1.54, 1.807) is 18.4 Å². The molecule has 0 saturated heterocycles. The third-order valence-electron chi connectivity index (χ3n) is 5.82. The number of ether oxygens (including phenoxy) is 1. The molecule has 0 unspecified atom stereocenters. The predicted octanol–water partition coefficient (Wildman–Crippen LogP) is 4.66. The Morgan fingerprint density at radius 1 is 1.21 bits per heavy atom. The summed E-state index contributed by atoms with van der Waals surface area (Å²) < 4.78 is 7.44. The van der Waals surface area contributed by atoms with Gasteiger partial charge in [0.1, 0.15) is 0 Å². The molecule has 0 radical (unpaired) electrons. The minimum Gasteiger partial charge on any atom is -0.383 e. The van der Waals surface area contributed by atoms with Crippen LogP contribution in [0.2, 0.25) is 0 Å². The van der Waals surface area contributed by atoms with Gasteiger partial charge in [-0.3, -0.25) is 9.20 Å². The van der Waals surface area contributed by atoms with Crippen molar-refractivity contribution >= 4 is 22.2 Å². The van der Waals surface area contributed by atoms with Gasteiger partial charge in [0.15, 0.2) is 4.96 Å². The lowest BCUT2D eigenvalue weighted by atomic mass is 9.88. The highest BCUT2D eigenvalue weighted by molar-refractivity contribution is 7.15. The highest BCUT2D eigenvalue weighted by atomic mass is 32.1. The van der Waals surface area contributed by atoms with Crippen molar-refractivity contribution in [2.24, 2.45) is 5.92 Å². The smallest absolute Gasteiger partial charge is 0.225 e. The summed E-state index contributed by atoms with van der Waals surface area (Å²) in [6, 6.07) is 10.3. The Bertz CT molecular complexity index is 928. The summed E-state index contributed by atoms with van der Waals surface area (Å²) in [6.45, 7) is 1.97. The van der Waals surface area contributed by atoms with Crippen LogP contribution in [0.5, 0.6) is 0 Å². The molecule has 3 aromatic rings. The Balaban J connectivity index is 1.47. The van der Waals surface area contributed by atoms with Gasteiger partial charge in [0.25, 0.3) is 0 Å². The number of rotatable bonds is 8. The number of hydrogen-bond donors (Lipinski definition) is 0. The average Bonchev–Trinajstić information content (AvgIpc) is 3.36. The van der Waals surface area contributed by atoms with Crippen LogP contribution in [-0.2, 0) is 16.0 Å². The number of fused-ring (bicyclic) bond motifs is 1. The molecule has 154 valence electrons. The second kappa shape index (κ2) is 9.55. The van der Waals surface area contributed by atoms with E-state index in [0.717, 1.165) is 42.0 Å². The van der Waals surface area contributed by atoms with Crippen molar-refractivity contribution in [2.75, 3.05) is 26.8 Å². The van der Waals surface area contributed by atoms with E-state index in [9.17, 15) is 4.79 Å². The van der Waals surface area contributed by atoms with Crippen LogP contribution in [0.15, 0.2) is 41.9 Å². The molecular formula is C23H29N3O2S. The normalized spacial score (nSPS) is 15.1. The van der Waals surface area contributed by atoms with Gasteiger partial charge in [0.2, 0.25) is 5.91 Å². The number of nitrogens with zero attached hydrogens (tertiary/aromatic N) is 3. The monoisotopic (exact) mass is 411 g/mol. The number of methoxy groups -OCH3 is 1. The highest BCUT2D eigenvalue weighted by Gasteiger charge is 2.26. The maximum absolute atomic E-state index is 13.1. The molecule has 0 bridgehead atoms. The molecule has 1 saturated carbocycles. The average molecular weight is 412 g/mol. The lowest BCUT2D eigenvalue weighted by Crippen LogP contribution is -2.40. The van der Waals surface area contributed by atoms with Crippen LogP contribution >= 0.6 is 11.3 Å². The first-order valence-electron chi connectivity index (χ1n) is 10.5. The number of amides is 1. The van der Waals surface area contributed by atoms with Gasteiger partial charge < -0.3 is 9.64 Å². The minimum atomic E-state index is 0.195. The van der Waals surface area contributed by atoms with Gasteiger partial charge in [-0.25, -0.2) is 4.98 Å². The van der Waals surface area contributed by atoms with Crippen LogP contribution in [-0.4, -0.2) is 47.0 Å². The highest BCUT2D eigenvalue weighted by Crippen LogP contribution is 2.26. The van der Waals surface area contributed by atoms with Crippen LogP contribution in [0.25, 0.3) is 16.2 Å². The van der Waals surface area contributed by atoms with Crippen molar-refractivity contribution in [2.45, 2.75) is 38.5 Å². The quantitative estimate of drug-likeness (QED) is 0.542. The van der Waals surface area contributed by atoms with Gasteiger partial charge in [-0.1, -0.05) is 49.6 Å². The Labute approximate surface area is 176 Å². The van der Waals surface area contributed by atoms with E-state index in [2.05, 4.69) is 28.1 Å². The first-order chi connectivity index (χ1) is 14.3. The molecule has 1 amide bonds. The molecule has 0 spiro atoms. The number of carbonyl (C=O) groups excluding carboxylic acids is 1.